The number of aryl methyl sites for hydroxylation is 2. The lowest BCUT2D eigenvalue weighted by molar-refractivity contribution is 0.0982. The molecule has 0 aliphatic carbocycles. The van der Waals surface area contributed by atoms with E-state index in [0.29, 0.717) is 5.69 Å². The highest BCUT2D eigenvalue weighted by Crippen LogP contribution is 2.13. The number of Topliss-reactive ketones (excluding diaryl/α,β-unsaturated/α-hetero) is 1. The zero-order chi connectivity index (χ0) is 13.3. The predicted octanol–water partition coefficient (Wildman–Crippen LogP) is 2.43. The van der Waals surface area contributed by atoms with E-state index in [-0.39, 0.29) is 17.8 Å². The van der Waals surface area contributed by atoms with Gasteiger partial charge in [0.1, 0.15) is 17.3 Å². The molecule has 3 nitrogen and oxygen atoms in total. The molecule has 2 rings (SSSR count). The SMILES string of the molecule is Cc1cc(C(=O)Cc2ccc(F)cc2F)n(C)n1. The molecule has 0 saturated heterocycles. The first-order valence-corrected chi connectivity index (χ1v) is 5.45. The summed E-state index contributed by atoms with van der Waals surface area (Å²) >= 11 is 0. The standard InChI is InChI=1S/C13H12F2N2O/c1-8-5-12(17(2)16-8)13(18)6-9-3-4-10(14)7-11(9)15/h3-5,7H,6H2,1-2H3. The van der Waals surface area contributed by atoms with Gasteiger partial charge in [0, 0.05) is 19.5 Å². The van der Waals surface area contributed by atoms with E-state index in [1.165, 1.54) is 10.7 Å². The van der Waals surface area contributed by atoms with Crippen molar-refractivity contribution in [3.8, 4) is 0 Å². The number of benzene rings is 1. The average Bonchev–Trinajstić information content (AvgIpc) is 2.62. The Balaban J connectivity index is 2.24. The van der Waals surface area contributed by atoms with Gasteiger partial charge in [-0.3, -0.25) is 9.48 Å². The third-order valence-electron chi connectivity index (χ3n) is 2.65. The molecule has 1 heterocycles. The van der Waals surface area contributed by atoms with Crippen LogP contribution in [0.2, 0.25) is 0 Å². The van der Waals surface area contributed by atoms with Crippen molar-refractivity contribution in [2.75, 3.05) is 0 Å². The van der Waals surface area contributed by atoms with Gasteiger partial charge in [-0.15, -0.1) is 0 Å². The summed E-state index contributed by atoms with van der Waals surface area (Å²) in [5.74, 6) is -1.61. The smallest absolute Gasteiger partial charge is 0.185 e. The van der Waals surface area contributed by atoms with Crippen molar-refractivity contribution in [2.24, 2.45) is 7.05 Å². The van der Waals surface area contributed by atoms with Gasteiger partial charge in [0.2, 0.25) is 0 Å². The Bertz CT molecular complexity index is 605. The quantitative estimate of drug-likeness (QED) is 0.784. The summed E-state index contributed by atoms with van der Waals surface area (Å²) in [6.07, 6.45) is -0.106. The second kappa shape index (κ2) is 4.68. The van der Waals surface area contributed by atoms with E-state index in [1.807, 2.05) is 0 Å². The fraction of sp³-hybridized carbons (Fsp3) is 0.231. The van der Waals surface area contributed by atoms with Gasteiger partial charge in [0.25, 0.3) is 0 Å². The molecular formula is C13H12F2N2O. The Morgan fingerprint density at radius 3 is 2.61 bits per heavy atom. The van der Waals surface area contributed by atoms with Crippen molar-refractivity contribution in [3.05, 3.63) is 52.9 Å². The highest BCUT2D eigenvalue weighted by molar-refractivity contribution is 5.96. The minimum atomic E-state index is -0.706. The second-order valence-electron chi connectivity index (χ2n) is 4.13. The lowest BCUT2D eigenvalue weighted by atomic mass is 10.1. The first kappa shape index (κ1) is 12.4. The summed E-state index contributed by atoms with van der Waals surface area (Å²) in [6, 6.07) is 4.84. The van der Waals surface area contributed by atoms with Crippen LogP contribution in [0, 0.1) is 18.6 Å². The van der Waals surface area contributed by atoms with E-state index >= 15 is 0 Å². The highest BCUT2D eigenvalue weighted by Gasteiger charge is 2.15. The van der Waals surface area contributed by atoms with Crippen LogP contribution in [0.3, 0.4) is 0 Å². The number of nitrogens with zero attached hydrogens (tertiary/aromatic N) is 2. The molecule has 0 atom stereocenters. The number of rotatable bonds is 3. The van der Waals surface area contributed by atoms with Gasteiger partial charge in [-0.1, -0.05) is 6.07 Å². The molecule has 2 aromatic rings. The summed E-state index contributed by atoms with van der Waals surface area (Å²) in [7, 11) is 1.65. The van der Waals surface area contributed by atoms with Crippen LogP contribution in [0.25, 0.3) is 0 Å². The Kier molecular flexibility index (Phi) is 3.23. The molecule has 18 heavy (non-hydrogen) atoms. The third-order valence-corrected chi connectivity index (χ3v) is 2.65. The molecule has 0 aliphatic rings. The Hall–Kier alpha value is -2.04. The molecule has 0 bridgehead atoms. The normalized spacial score (nSPS) is 10.7. The fourth-order valence-corrected chi connectivity index (χ4v) is 1.80. The first-order chi connectivity index (χ1) is 8.47. The van der Waals surface area contributed by atoms with Gasteiger partial charge in [-0.25, -0.2) is 8.78 Å². The van der Waals surface area contributed by atoms with Gasteiger partial charge < -0.3 is 0 Å². The minimum Gasteiger partial charge on any atom is -0.292 e. The van der Waals surface area contributed by atoms with E-state index in [9.17, 15) is 13.6 Å². The Morgan fingerprint density at radius 2 is 2.06 bits per heavy atom. The molecule has 0 fully saturated rings. The number of aromatic nitrogens is 2. The first-order valence-electron chi connectivity index (χ1n) is 5.45. The number of carbonyl (C=O) groups is 1. The van der Waals surface area contributed by atoms with E-state index in [4.69, 9.17) is 0 Å². The predicted molar refractivity (Wildman–Crippen MR) is 62.3 cm³/mol. The largest absolute Gasteiger partial charge is 0.292 e. The average molecular weight is 250 g/mol. The summed E-state index contributed by atoms with van der Waals surface area (Å²) in [4.78, 5) is 12.0. The molecule has 94 valence electrons. The van der Waals surface area contributed by atoms with Gasteiger partial charge in [0.05, 0.1) is 5.69 Å². The molecule has 0 amide bonds. The molecule has 5 heteroatoms. The Morgan fingerprint density at radius 1 is 1.33 bits per heavy atom. The maximum atomic E-state index is 13.4. The van der Waals surface area contributed by atoms with Crippen LogP contribution in [-0.4, -0.2) is 15.6 Å². The van der Waals surface area contributed by atoms with Crippen LogP contribution >= 0.6 is 0 Å². The van der Waals surface area contributed by atoms with Crippen LogP contribution in [-0.2, 0) is 13.5 Å². The molecule has 0 spiro atoms. The molecule has 0 N–H and O–H groups in total. The van der Waals surface area contributed by atoms with E-state index < -0.39 is 11.6 Å². The van der Waals surface area contributed by atoms with Crippen molar-refractivity contribution in [1.82, 2.24) is 9.78 Å². The molecule has 0 aliphatic heterocycles. The molecular weight excluding hydrogens is 238 g/mol. The summed E-state index contributed by atoms with van der Waals surface area (Å²) in [5, 5.41) is 4.05. The van der Waals surface area contributed by atoms with Gasteiger partial charge >= 0.3 is 0 Å². The Labute approximate surface area is 103 Å². The van der Waals surface area contributed by atoms with Gasteiger partial charge in [-0.05, 0) is 24.6 Å². The zero-order valence-corrected chi connectivity index (χ0v) is 10.1. The minimum absolute atomic E-state index is 0.106. The molecule has 0 radical (unpaired) electrons. The molecule has 0 unspecified atom stereocenters. The number of hydrogen-bond donors (Lipinski definition) is 0. The number of hydrogen-bond acceptors (Lipinski definition) is 2. The number of ketones is 1. The van der Waals surface area contributed by atoms with Crippen molar-refractivity contribution >= 4 is 5.78 Å². The van der Waals surface area contributed by atoms with Gasteiger partial charge in [0.15, 0.2) is 5.78 Å². The summed E-state index contributed by atoms with van der Waals surface area (Å²) < 4.78 is 27.6. The second-order valence-corrected chi connectivity index (χ2v) is 4.13. The van der Waals surface area contributed by atoms with E-state index in [1.54, 1.807) is 20.0 Å². The zero-order valence-electron chi connectivity index (χ0n) is 10.1. The van der Waals surface area contributed by atoms with Crippen molar-refractivity contribution in [3.63, 3.8) is 0 Å². The van der Waals surface area contributed by atoms with Crippen LogP contribution < -0.4 is 0 Å². The summed E-state index contributed by atoms with van der Waals surface area (Å²) in [5.41, 5.74) is 1.32. The van der Waals surface area contributed by atoms with Crippen molar-refractivity contribution in [1.29, 1.82) is 0 Å². The lowest BCUT2D eigenvalue weighted by Crippen LogP contribution is -2.10. The van der Waals surface area contributed by atoms with Crippen molar-refractivity contribution in [2.45, 2.75) is 13.3 Å². The fourth-order valence-electron chi connectivity index (χ4n) is 1.80. The maximum Gasteiger partial charge on any atom is 0.185 e. The van der Waals surface area contributed by atoms with E-state index in [0.717, 1.165) is 17.8 Å². The highest BCUT2D eigenvalue weighted by atomic mass is 19.1. The molecule has 0 saturated carbocycles. The molecule has 1 aromatic carbocycles. The van der Waals surface area contributed by atoms with Crippen LogP contribution in [0.4, 0.5) is 8.78 Å². The summed E-state index contributed by atoms with van der Waals surface area (Å²) in [6.45, 7) is 1.77. The molecule has 1 aromatic heterocycles. The monoisotopic (exact) mass is 250 g/mol. The third kappa shape index (κ3) is 2.45. The van der Waals surface area contributed by atoms with Crippen molar-refractivity contribution < 1.29 is 13.6 Å². The lowest BCUT2D eigenvalue weighted by Gasteiger charge is -2.03. The van der Waals surface area contributed by atoms with Crippen LogP contribution in [0.15, 0.2) is 24.3 Å². The van der Waals surface area contributed by atoms with Gasteiger partial charge in [-0.2, -0.15) is 5.10 Å². The number of carbonyl (C=O) groups excluding carboxylic acids is 1. The van der Waals surface area contributed by atoms with Crippen LogP contribution in [0.5, 0.6) is 0 Å². The topological polar surface area (TPSA) is 34.9 Å². The number of halogens is 2. The van der Waals surface area contributed by atoms with Crippen LogP contribution in [0.1, 0.15) is 21.7 Å². The maximum absolute atomic E-state index is 13.4. The van der Waals surface area contributed by atoms with E-state index in [2.05, 4.69) is 5.10 Å².